The Morgan fingerprint density at radius 2 is 1.81 bits per heavy atom. The van der Waals surface area contributed by atoms with Gasteiger partial charge in [0.05, 0.1) is 31.4 Å². The lowest BCUT2D eigenvalue weighted by Crippen LogP contribution is -2.49. The van der Waals surface area contributed by atoms with E-state index in [0.717, 1.165) is 16.5 Å². The van der Waals surface area contributed by atoms with Gasteiger partial charge >= 0.3 is 0 Å². The van der Waals surface area contributed by atoms with Crippen molar-refractivity contribution in [2.45, 2.75) is 36.4 Å². The molecule has 5 nitrogen and oxygen atoms in total. The van der Waals surface area contributed by atoms with Gasteiger partial charge in [0.15, 0.2) is 0 Å². The zero-order chi connectivity index (χ0) is 22.9. The monoisotopic (exact) mass is 460 g/mol. The molecule has 0 bridgehead atoms. The molecule has 0 aliphatic rings. The number of furan rings is 1. The average molecular weight is 461 g/mol. The van der Waals surface area contributed by atoms with E-state index >= 15 is 0 Å². The number of aliphatic hydroxyl groups excluding tert-OH is 1. The first kappa shape index (κ1) is 24.0. The van der Waals surface area contributed by atoms with Crippen LogP contribution in [0.3, 0.4) is 0 Å². The Morgan fingerprint density at radius 3 is 2.44 bits per heavy atom. The molecule has 3 aromatic rings. The number of rotatable bonds is 11. The number of thioether (sulfide) groups is 1. The summed E-state index contributed by atoms with van der Waals surface area (Å²) < 4.78 is 32.5. The number of halogens is 2. The molecule has 2 atom stereocenters. The zero-order valence-corrected chi connectivity index (χ0v) is 18.5. The van der Waals surface area contributed by atoms with E-state index in [1.165, 1.54) is 12.1 Å². The Hall–Kier alpha value is -2.68. The molecule has 0 radical (unpaired) electrons. The summed E-state index contributed by atoms with van der Waals surface area (Å²) in [6.45, 7) is 0.562. The highest BCUT2D eigenvalue weighted by atomic mass is 32.2. The van der Waals surface area contributed by atoms with Crippen molar-refractivity contribution in [1.29, 1.82) is 0 Å². The standard InChI is InChI=1S/C24H26F2N2O3S/c1-32-21-6-4-16(5-7-21)12-24(30)28-22(11-17-9-18(25)13-19(26)10-17)23(29)15-27-14-20-3-2-8-31-20/h2-10,13,22-23,27,29H,11-12,14-15H2,1H3,(H,28,30). The molecule has 1 amide bonds. The van der Waals surface area contributed by atoms with Crippen molar-refractivity contribution >= 4 is 17.7 Å². The molecule has 0 aliphatic carbocycles. The maximum absolute atomic E-state index is 13.6. The molecule has 32 heavy (non-hydrogen) atoms. The Balaban J connectivity index is 1.65. The molecule has 1 aromatic heterocycles. The number of nitrogens with one attached hydrogen (secondary N) is 2. The van der Waals surface area contributed by atoms with Crippen molar-refractivity contribution in [3.8, 4) is 0 Å². The van der Waals surface area contributed by atoms with Crippen LogP contribution < -0.4 is 10.6 Å². The third-order valence-electron chi connectivity index (χ3n) is 4.95. The predicted molar refractivity (Wildman–Crippen MR) is 120 cm³/mol. The first-order valence-electron chi connectivity index (χ1n) is 10.2. The summed E-state index contributed by atoms with van der Waals surface area (Å²) in [5, 5.41) is 16.6. The molecule has 0 aliphatic heterocycles. The fourth-order valence-electron chi connectivity index (χ4n) is 3.35. The second kappa shape index (κ2) is 11.8. The Kier molecular flexibility index (Phi) is 8.84. The van der Waals surface area contributed by atoms with Gasteiger partial charge in [-0.3, -0.25) is 4.79 Å². The summed E-state index contributed by atoms with van der Waals surface area (Å²) in [5.74, 6) is -0.985. The van der Waals surface area contributed by atoms with Crippen molar-refractivity contribution in [2.75, 3.05) is 12.8 Å². The third kappa shape index (κ3) is 7.47. The highest BCUT2D eigenvalue weighted by molar-refractivity contribution is 7.98. The molecule has 170 valence electrons. The molecule has 3 rings (SSSR count). The zero-order valence-electron chi connectivity index (χ0n) is 17.7. The van der Waals surface area contributed by atoms with Gasteiger partial charge in [-0.1, -0.05) is 12.1 Å². The largest absolute Gasteiger partial charge is 0.468 e. The smallest absolute Gasteiger partial charge is 0.224 e. The third-order valence-corrected chi connectivity index (χ3v) is 5.69. The fourth-order valence-corrected chi connectivity index (χ4v) is 3.76. The highest BCUT2D eigenvalue weighted by Crippen LogP contribution is 2.16. The van der Waals surface area contributed by atoms with E-state index in [-0.39, 0.29) is 25.3 Å². The van der Waals surface area contributed by atoms with Gasteiger partial charge in [0.1, 0.15) is 17.4 Å². The van der Waals surface area contributed by atoms with Gasteiger partial charge in [0.2, 0.25) is 5.91 Å². The molecular weight excluding hydrogens is 434 g/mol. The van der Waals surface area contributed by atoms with Gasteiger partial charge in [-0.05, 0) is 60.2 Å². The minimum absolute atomic E-state index is 0.0788. The quantitative estimate of drug-likeness (QED) is 0.381. The summed E-state index contributed by atoms with van der Waals surface area (Å²) in [7, 11) is 0. The minimum atomic E-state index is -0.987. The van der Waals surface area contributed by atoms with Crippen LogP contribution in [0.2, 0.25) is 0 Å². The summed E-state index contributed by atoms with van der Waals surface area (Å²) in [5.41, 5.74) is 1.18. The van der Waals surface area contributed by atoms with Crippen LogP contribution in [0.15, 0.2) is 70.2 Å². The van der Waals surface area contributed by atoms with Crippen LogP contribution in [0.1, 0.15) is 16.9 Å². The molecule has 2 unspecified atom stereocenters. The van der Waals surface area contributed by atoms with E-state index in [1.54, 1.807) is 30.2 Å². The van der Waals surface area contributed by atoms with Crippen LogP contribution >= 0.6 is 11.8 Å². The van der Waals surface area contributed by atoms with E-state index in [0.29, 0.717) is 17.9 Å². The lowest BCUT2D eigenvalue weighted by molar-refractivity contribution is -0.122. The lowest BCUT2D eigenvalue weighted by Gasteiger charge is -2.25. The van der Waals surface area contributed by atoms with Gasteiger partial charge in [0.25, 0.3) is 0 Å². The van der Waals surface area contributed by atoms with E-state index in [2.05, 4.69) is 10.6 Å². The average Bonchev–Trinajstić information content (AvgIpc) is 3.26. The number of hydrogen-bond acceptors (Lipinski definition) is 5. The fraction of sp³-hybridized carbons (Fsp3) is 0.292. The van der Waals surface area contributed by atoms with E-state index in [9.17, 15) is 18.7 Å². The van der Waals surface area contributed by atoms with Crippen molar-refractivity contribution < 1.29 is 23.1 Å². The van der Waals surface area contributed by atoms with E-state index in [1.807, 2.05) is 30.5 Å². The second-order valence-electron chi connectivity index (χ2n) is 7.46. The van der Waals surface area contributed by atoms with Gasteiger partial charge in [0, 0.05) is 17.5 Å². The summed E-state index contributed by atoms with van der Waals surface area (Å²) in [4.78, 5) is 13.8. The SMILES string of the molecule is CSc1ccc(CC(=O)NC(Cc2cc(F)cc(F)c2)C(O)CNCc2ccco2)cc1. The van der Waals surface area contributed by atoms with Gasteiger partial charge < -0.3 is 20.2 Å². The van der Waals surface area contributed by atoms with Crippen molar-refractivity contribution in [3.63, 3.8) is 0 Å². The number of benzene rings is 2. The van der Waals surface area contributed by atoms with Gasteiger partial charge in [-0.25, -0.2) is 8.78 Å². The number of amides is 1. The first-order chi connectivity index (χ1) is 15.4. The summed E-state index contributed by atoms with van der Waals surface area (Å²) in [6.07, 6.45) is 2.76. The summed E-state index contributed by atoms with van der Waals surface area (Å²) in [6, 6.07) is 13.7. The number of carbonyl (C=O) groups is 1. The van der Waals surface area contributed by atoms with Gasteiger partial charge in [-0.2, -0.15) is 0 Å². The predicted octanol–water partition coefficient (Wildman–Crippen LogP) is 3.70. The van der Waals surface area contributed by atoms with Crippen LogP contribution in [-0.2, 0) is 24.2 Å². The number of carbonyl (C=O) groups excluding carboxylic acids is 1. The minimum Gasteiger partial charge on any atom is -0.468 e. The van der Waals surface area contributed by atoms with E-state index in [4.69, 9.17) is 4.42 Å². The Bertz CT molecular complexity index is 977. The topological polar surface area (TPSA) is 74.5 Å². The molecular formula is C24H26F2N2O3S. The molecule has 1 heterocycles. The van der Waals surface area contributed by atoms with E-state index < -0.39 is 23.8 Å². The van der Waals surface area contributed by atoms with Gasteiger partial charge in [-0.15, -0.1) is 11.8 Å². The molecule has 0 spiro atoms. The molecule has 0 saturated heterocycles. The van der Waals surface area contributed by atoms with Crippen molar-refractivity contribution in [1.82, 2.24) is 10.6 Å². The van der Waals surface area contributed by atoms with Crippen LogP contribution in [0.4, 0.5) is 8.78 Å². The maximum atomic E-state index is 13.6. The summed E-state index contributed by atoms with van der Waals surface area (Å²) >= 11 is 1.61. The van der Waals surface area contributed by atoms with Crippen LogP contribution in [0, 0.1) is 11.6 Å². The lowest BCUT2D eigenvalue weighted by atomic mass is 10.00. The van der Waals surface area contributed by atoms with Crippen LogP contribution in [-0.4, -0.2) is 36.0 Å². The molecule has 8 heteroatoms. The second-order valence-corrected chi connectivity index (χ2v) is 8.34. The van der Waals surface area contributed by atoms with Crippen molar-refractivity contribution in [3.05, 3.63) is 89.4 Å². The normalized spacial score (nSPS) is 13.0. The first-order valence-corrected chi connectivity index (χ1v) is 11.4. The maximum Gasteiger partial charge on any atom is 0.224 e. The number of aliphatic hydroxyl groups is 1. The van der Waals surface area contributed by atoms with Crippen LogP contribution in [0.5, 0.6) is 0 Å². The molecule has 3 N–H and O–H groups in total. The highest BCUT2D eigenvalue weighted by Gasteiger charge is 2.22. The molecule has 0 saturated carbocycles. The Morgan fingerprint density at radius 1 is 1.09 bits per heavy atom. The van der Waals surface area contributed by atoms with Crippen LogP contribution in [0.25, 0.3) is 0 Å². The molecule has 2 aromatic carbocycles. The van der Waals surface area contributed by atoms with Crippen molar-refractivity contribution in [2.24, 2.45) is 0 Å². The Labute approximate surface area is 190 Å². The molecule has 0 fully saturated rings. The number of hydrogen-bond donors (Lipinski definition) is 3.